The molecule has 23 heavy (non-hydrogen) atoms. The molecule has 1 N–H and O–H groups in total. The number of ether oxygens (including phenoxy) is 1. The molecule has 2 heterocycles. The van der Waals surface area contributed by atoms with E-state index >= 15 is 0 Å². The minimum atomic E-state index is -0.358. The van der Waals surface area contributed by atoms with E-state index in [1.165, 1.54) is 24.3 Å². The van der Waals surface area contributed by atoms with Gasteiger partial charge in [-0.2, -0.15) is 0 Å². The van der Waals surface area contributed by atoms with Gasteiger partial charge in [0.1, 0.15) is 27.8 Å². The molecule has 6 heteroatoms. The summed E-state index contributed by atoms with van der Waals surface area (Å²) < 4.78 is 32.9. The summed E-state index contributed by atoms with van der Waals surface area (Å²) in [6.07, 6.45) is 0.439. The second kappa shape index (κ2) is 5.24. The van der Waals surface area contributed by atoms with Gasteiger partial charge in [0.05, 0.1) is 5.56 Å². The van der Waals surface area contributed by atoms with E-state index in [9.17, 15) is 8.78 Å². The number of benzene rings is 2. The molecule has 3 nitrogen and oxygen atoms in total. The molecule has 1 aromatic heterocycles. The average Bonchev–Trinajstić information content (AvgIpc) is 2.53. The van der Waals surface area contributed by atoms with Crippen molar-refractivity contribution in [3.63, 3.8) is 0 Å². The first-order valence-corrected chi connectivity index (χ1v) is 7.36. The molecule has 0 unspecified atom stereocenters. The third-order valence-electron chi connectivity index (χ3n) is 3.68. The van der Waals surface area contributed by atoms with Gasteiger partial charge in [-0.15, -0.1) is 0 Å². The number of rotatable bonds is 1. The van der Waals surface area contributed by atoms with Crippen molar-refractivity contribution in [2.75, 3.05) is 0 Å². The molecule has 114 valence electrons. The van der Waals surface area contributed by atoms with E-state index in [1.54, 1.807) is 18.2 Å². The monoisotopic (exact) mass is 328 g/mol. The predicted molar refractivity (Wildman–Crippen MR) is 84.1 cm³/mol. The van der Waals surface area contributed by atoms with Crippen LogP contribution in [0.4, 0.5) is 8.78 Å². The van der Waals surface area contributed by atoms with Gasteiger partial charge in [0.2, 0.25) is 5.88 Å². The second-order valence-corrected chi connectivity index (χ2v) is 5.63. The molecule has 0 saturated carbocycles. The summed E-state index contributed by atoms with van der Waals surface area (Å²) in [5, 5.41) is 0. The summed E-state index contributed by atoms with van der Waals surface area (Å²) in [5.74, 6) is 0.779. The van der Waals surface area contributed by atoms with Crippen LogP contribution in [-0.4, -0.2) is 9.97 Å². The minimum absolute atomic E-state index is 0.324. The Morgan fingerprint density at radius 1 is 1.09 bits per heavy atom. The molecule has 0 spiro atoms. The van der Waals surface area contributed by atoms with Crippen LogP contribution in [0.1, 0.15) is 11.1 Å². The summed E-state index contributed by atoms with van der Waals surface area (Å²) >= 11 is 5.32. The minimum Gasteiger partial charge on any atom is -0.440 e. The zero-order valence-corrected chi connectivity index (χ0v) is 12.6. The second-order valence-electron chi connectivity index (χ2n) is 5.24. The quantitative estimate of drug-likeness (QED) is 0.511. The van der Waals surface area contributed by atoms with Crippen molar-refractivity contribution in [1.82, 2.24) is 9.97 Å². The van der Waals surface area contributed by atoms with E-state index in [2.05, 4.69) is 9.97 Å². The highest BCUT2D eigenvalue weighted by atomic mass is 32.1. The Hall–Kier alpha value is -2.60. The van der Waals surface area contributed by atoms with Crippen molar-refractivity contribution in [1.29, 1.82) is 0 Å². The molecule has 1 aliphatic heterocycles. The molecule has 0 bridgehead atoms. The van der Waals surface area contributed by atoms with E-state index in [0.29, 0.717) is 39.6 Å². The topological polar surface area (TPSA) is 37.9 Å². The van der Waals surface area contributed by atoms with Crippen molar-refractivity contribution >= 4 is 12.2 Å². The van der Waals surface area contributed by atoms with Crippen molar-refractivity contribution < 1.29 is 13.5 Å². The first kappa shape index (κ1) is 14.0. The smallest absolute Gasteiger partial charge is 0.205 e. The molecular weight excluding hydrogens is 318 g/mol. The fourth-order valence-electron chi connectivity index (χ4n) is 2.58. The lowest BCUT2D eigenvalue weighted by Crippen LogP contribution is -2.08. The number of aromatic nitrogens is 2. The first-order valence-electron chi connectivity index (χ1n) is 6.95. The molecule has 0 fully saturated rings. The zero-order valence-electron chi connectivity index (χ0n) is 11.8. The van der Waals surface area contributed by atoms with Crippen LogP contribution in [0.15, 0.2) is 42.5 Å². The number of nitrogens with zero attached hydrogens (tertiary/aromatic N) is 1. The molecule has 1 aliphatic rings. The van der Waals surface area contributed by atoms with Gasteiger partial charge >= 0.3 is 0 Å². The van der Waals surface area contributed by atoms with Crippen molar-refractivity contribution in [3.8, 4) is 23.0 Å². The Morgan fingerprint density at radius 3 is 2.74 bits per heavy atom. The average molecular weight is 328 g/mol. The lowest BCUT2D eigenvalue weighted by Gasteiger charge is -2.20. The third-order valence-corrected chi connectivity index (χ3v) is 4.02. The Morgan fingerprint density at radius 2 is 1.91 bits per heavy atom. The number of aromatic amines is 1. The lowest BCUT2D eigenvalue weighted by atomic mass is 10.0. The van der Waals surface area contributed by atoms with Gasteiger partial charge < -0.3 is 9.72 Å². The van der Waals surface area contributed by atoms with Crippen molar-refractivity contribution in [2.24, 2.45) is 0 Å². The maximum Gasteiger partial charge on any atom is 0.205 e. The summed E-state index contributed by atoms with van der Waals surface area (Å²) in [6.45, 7) is 0. The summed E-state index contributed by atoms with van der Waals surface area (Å²) in [5.41, 5.74) is 1.99. The molecule has 0 aliphatic carbocycles. The fourth-order valence-corrected chi connectivity index (χ4v) is 2.83. The molecule has 0 atom stereocenters. The van der Waals surface area contributed by atoms with Gasteiger partial charge in [0.15, 0.2) is 0 Å². The van der Waals surface area contributed by atoms with Gasteiger partial charge in [-0.1, -0.05) is 24.4 Å². The number of hydrogen-bond donors (Lipinski definition) is 1. The van der Waals surface area contributed by atoms with Gasteiger partial charge in [-0.25, -0.2) is 13.8 Å². The number of halogens is 2. The van der Waals surface area contributed by atoms with E-state index in [-0.39, 0.29) is 11.6 Å². The number of fused-ring (bicyclic) bond motifs is 2. The maximum absolute atomic E-state index is 13.4. The standard InChI is InChI=1S/C17H10F2N2OS/c18-11-3-1-2-9(6-11)15-20-16-13(17(23)21-15)8-10-7-12(19)4-5-14(10)22-16/h1-7H,8H2,(H,20,21,23). The van der Waals surface area contributed by atoms with Crippen LogP contribution in [0.3, 0.4) is 0 Å². The molecule has 4 rings (SSSR count). The highest BCUT2D eigenvalue weighted by Crippen LogP contribution is 2.36. The van der Waals surface area contributed by atoms with Crippen LogP contribution < -0.4 is 4.74 Å². The van der Waals surface area contributed by atoms with Crippen molar-refractivity contribution in [2.45, 2.75) is 6.42 Å². The molecule has 0 amide bonds. The predicted octanol–water partition coefficient (Wildman–Crippen LogP) is 4.78. The van der Waals surface area contributed by atoms with Gasteiger partial charge in [0, 0.05) is 17.5 Å². The summed E-state index contributed by atoms with van der Waals surface area (Å²) in [7, 11) is 0. The Balaban J connectivity index is 1.83. The normalized spacial score (nSPS) is 12.3. The molecule has 0 saturated heterocycles. The van der Waals surface area contributed by atoms with Crippen LogP contribution in [0.2, 0.25) is 0 Å². The summed E-state index contributed by atoms with van der Waals surface area (Å²) in [4.78, 5) is 7.36. The summed E-state index contributed by atoms with van der Waals surface area (Å²) in [6, 6.07) is 10.4. The fraction of sp³-hybridized carbons (Fsp3) is 0.0588. The van der Waals surface area contributed by atoms with Crippen LogP contribution in [0.5, 0.6) is 11.6 Å². The number of hydrogen-bond acceptors (Lipinski definition) is 3. The van der Waals surface area contributed by atoms with Crippen LogP contribution in [-0.2, 0) is 6.42 Å². The van der Waals surface area contributed by atoms with E-state index < -0.39 is 0 Å². The van der Waals surface area contributed by atoms with Crippen molar-refractivity contribution in [3.05, 3.63) is 69.9 Å². The molecular formula is C17H10F2N2OS. The Bertz CT molecular complexity index is 985. The zero-order chi connectivity index (χ0) is 16.0. The number of H-pyrrole nitrogens is 1. The van der Waals surface area contributed by atoms with Crippen LogP contribution >= 0.6 is 12.2 Å². The van der Waals surface area contributed by atoms with E-state index in [0.717, 1.165) is 5.56 Å². The van der Waals surface area contributed by atoms with Gasteiger partial charge in [-0.3, -0.25) is 0 Å². The first-order chi connectivity index (χ1) is 11.1. The maximum atomic E-state index is 13.4. The lowest BCUT2D eigenvalue weighted by molar-refractivity contribution is 0.437. The number of nitrogens with one attached hydrogen (secondary N) is 1. The Labute approximate surface area is 135 Å². The molecule has 0 radical (unpaired) electrons. The molecule has 3 aromatic rings. The van der Waals surface area contributed by atoms with E-state index in [4.69, 9.17) is 17.0 Å². The van der Waals surface area contributed by atoms with Gasteiger partial charge in [0.25, 0.3) is 0 Å². The molecule has 2 aromatic carbocycles. The highest BCUT2D eigenvalue weighted by Gasteiger charge is 2.21. The third kappa shape index (κ3) is 2.51. The largest absolute Gasteiger partial charge is 0.440 e. The highest BCUT2D eigenvalue weighted by molar-refractivity contribution is 7.71. The Kier molecular flexibility index (Phi) is 3.20. The van der Waals surface area contributed by atoms with Crippen LogP contribution in [0.25, 0.3) is 11.4 Å². The SMILES string of the molecule is Fc1cccc(-c2nc(=S)c3c([nH]2)Oc2ccc(F)cc2C3)c1. The van der Waals surface area contributed by atoms with Crippen LogP contribution in [0, 0.1) is 16.3 Å². The van der Waals surface area contributed by atoms with Gasteiger partial charge in [-0.05, 0) is 30.3 Å². The van der Waals surface area contributed by atoms with E-state index in [1.807, 2.05) is 0 Å².